The first-order chi connectivity index (χ1) is 11.7. The molecule has 1 heterocycles. The van der Waals surface area contributed by atoms with E-state index in [0.717, 1.165) is 22.4 Å². The maximum absolute atomic E-state index is 12.2. The van der Waals surface area contributed by atoms with E-state index in [1.807, 2.05) is 54.7 Å². The zero-order valence-electron chi connectivity index (χ0n) is 13.5. The third kappa shape index (κ3) is 3.60. The summed E-state index contributed by atoms with van der Waals surface area (Å²) in [7, 11) is 0. The second-order valence-electron chi connectivity index (χ2n) is 5.95. The summed E-state index contributed by atoms with van der Waals surface area (Å²) in [5, 5.41) is 2.90. The highest BCUT2D eigenvalue weighted by molar-refractivity contribution is 5.85. The van der Waals surface area contributed by atoms with Gasteiger partial charge in [0.2, 0.25) is 5.91 Å². The van der Waals surface area contributed by atoms with Gasteiger partial charge in [-0.15, -0.1) is 0 Å². The molecule has 0 bridgehead atoms. The predicted molar refractivity (Wildman–Crippen MR) is 98.3 cm³/mol. The second kappa shape index (κ2) is 7.23. The average Bonchev–Trinajstić information content (AvgIpc) is 3.03. The molecule has 2 aromatic carbocycles. The van der Waals surface area contributed by atoms with Gasteiger partial charge in [-0.2, -0.15) is 0 Å². The molecule has 0 saturated heterocycles. The second-order valence-corrected chi connectivity index (χ2v) is 5.95. The number of nitrogens with zero attached hydrogens (tertiary/aromatic N) is 1. The lowest BCUT2D eigenvalue weighted by Crippen LogP contribution is -2.41. The van der Waals surface area contributed by atoms with Crippen LogP contribution in [-0.2, 0) is 11.3 Å². The van der Waals surface area contributed by atoms with Crippen LogP contribution in [0.25, 0.3) is 6.08 Å². The number of nitrogens with one attached hydrogen (secondary N) is 1. The minimum Gasteiger partial charge on any atom is -0.351 e. The van der Waals surface area contributed by atoms with Crippen molar-refractivity contribution >= 4 is 23.9 Å². The van der Waals surface area contributed by atoms with Crippen LogP contribution in [0.1, 0.15) is 29.0 Å². The predicted octanol–water partition coefficient (Wildman–Crippen LogP) is 3.16. The van der Waals surface area contributed by atoms with Crippen LogP contribution < -0.4 is 11.1 Å². The number of para-hydroxylation sites is 1. The number of rotatable bonds is 6. The summed E-state index contributed by atoms with van der Waals surface area (Å²) in [4.78, 5) is 16.6. The normalized spacial score (nSPS) is 16.5. The number of benzene rings is 2. The molecule has 4 nitrogen and oxygen atoms in total. The smallest absolute Gasteiger partial charge is 0.237 e. The van der Waals surface area contributed by atoms with E-state index >= 15 is 0 Å². The van der Waals surface area contributed by atoms with E-state index < -0.39 is 6.04 Å². The van der Waals surface area contributed by atoms with E-state index in [2.05, 4.69) is 16.9 Å². The Kier molecular flexibility index (Phi) is 4.87. The third-order valence-electron chi connectivity index (χ3n) is 4.26. The topological polar surface area (TPSA) is 67.5 Å². The molecule has 1 aliphatic rings. The minimum atomic E-state index is -0.556. The third-order valence-corrected chi connectivity index (χ3v) is 4.26. The number of nitrogens with two attached hydrogens (primary N) is 1. The number of carbonyl (C=O) groups is 1. The van der Waals surface area contributed by atoms with Crippen LogP contribution in [0.4, 0.5) is 5.69 Å². The first-order valence-electron chi connectivity index (χ1n) is 8.05. The fraction of sp³-hybridized carbons (Fsp3) is 0.200. The molecule has 1 amide bonds. The summed E-state index contributed by atoms with van der Waals surface area (Å²) in [6.45, 7) is 4.20. The van der Waals surface area contributed by atoms with Crippen molar-refractivity contribution in [1.82, 2.24) is 5.32 Å². The van der Waals surface area contributed by atoms with E-state index in [0.29, 0.717) is 13.0 Å². The fourth-order valence-electron chi connectivity index (χ4n) is 2.83. The van der Waals surface area contributed by atoms with Gasteiger partial charge in [0.05, 0.1) is 11.7 Å². The Balaban J connectivity index is 1.53. The molecule has 122 valence electrons. The van der Waals surface area contributed by atoms with Crippen molar-refractivity contribution in [1.29, 1.82) is 0 Å². The van der Waals surface area contributed by atoms with Crippen LogP contribution in [0.2, 0.25) is 0 Å². The van der Waals surface area contributed by atoms with E-state index in [1.165, 1.54) is 0 Å². The van der Waals surface area contributed by atoms with Gasteiger partial charge in [0.15, 0.2) is 0 Å². The van der Waals surface area contributed by atoms with Crippen molar-refractivity contribution in [3.63, 3.8) is 0 Å². The monoisotopic (exact) mass is 319 g/mol. The largest absolute Gasteiger partial charge is 0.351 e. The molecule has 0 spiro atoms. The maximum Gasteiger partial charge on any atom is 0.237 e. The Hall–Kier alpha value is -2.72. The lowest BCUT2D eigenvalue weighted by atomic mass is 9.94. The molecule has 24 heavy (non-hydrogen) atoms. The average molecular weight is 319 g/mol. The highest BCUT2D eigenvalue weighted by Gasteiger charge is 2.24. The van der Waals surface area contributed by atoms with Gasteiger partial charge >= 0.3 is 0 Å². The molecule has 3 N–H and O–H groups in total. The number of hydrogen-bond donors (Lipinski definition) is 2. The Morgan fingerprint density at radius 3 is 2.75 bits per heavy atom. The Morgan fingerprint density at radius 1 is 1.25 bits per heavy atom. The van der Waals surface area contributed by atoms with Crippen molar-refractivity contribution in [2.45, 2.75) is 24.9 Å². The molecule has 2 unspecified atom stereocenters. The molecule has 0 aromatic heterocycles. The van der Waals surface area contributed by atoms with Crippen molar-refractivity contribution in [2.75, 3.05) is 0 Å². The molecule has 2 atom stereocenters. The van der Waals surface area contributed by atoms with E-state index in [9.17, 15) is 4.79 Å². The Labute approximate surface area is 142 Å². The summed E-state index contributed by atoms with van der Waals surface area (Å²) in [5.41, 5.74) is 10.3. The first-order valence-corrected chi connectivity index (χ1v) is 8.05. The van der Waals surface area contributed by atoms with Crippen LogP contribution >= 0.6 is 0 Å². The Bertz CT molecular complexity index is 765. The molecule has 2 aromatic rings. The van der Waals surface area contributed by atoms with Crippen molar-refractivity contribution in [2.24, 2.45) is 10.7 Å². The first kappa shape index (κ1) is 16.1. The standard InChI is InChI=1S/C20H21N3O/c1-2-14-7-9-15(10-8-14)12-23-20(24)18(21)11-16-13-22-19-6-4-3-5-17(16)19/h2-10,13,16,18H,1,11-12,21H2,(H,23,24). The SMILES string of the molecule is C=Cc1ccc(CNC(=O)C(N)CC2C=Nc3ccccc32)cc1. The minimum absolute atomic E-state index is 0.105. The van der Waals surface area contributed by atoms with Crippen LogP contribution in [0.15, 0.2) is 60.1 Å². The summed E-state index contributed by atoms with van der Waals surface area (Å²) in [6, 6.07) is 15.3. The van der Waals surface area contributed by atoms with Gasteiger partial charge in [0, 0.05) is 18.7 Å². The van der Waals surface area contributed by atoms with Gasteiger partial charge in [-0.25, -0.2) is 0 Å². The molecule has 3 rings (SSSR count). The number of carbonyl (C=O) groups excluding carboxylic acids is 1. The van der Waals surface area contributed by atoms with Gasteiger partial charge in [-0.05, 0) is 29.2 Å². The fourth-order valence-corrected chi connectivity index (χ4v) is 2.83. The summed E-state index contributed by atoms with van der Waals surface area (Å²) < 4.78 is 0. The molecular weight excluding hydrogens is 298 g/mol. The van der Waals surface area contributed by atoms with E-state index in [-0.39, 0.29) is 11.8 Å². The van der Waals surface area contributed by atoms with Gasteiger partial charge in [0.25, 0.3) is 0 Å². The summed E-state index contributed by atoms with van der Waals surface area (Å²) in [6.07, 6.45) is 4.23. The molecule has 1 aliphatic heterocycles. The number of aliphatic imine (C=N–C) groups is 1. The van der Waals surface area contributed by atoms with Gasteiger partial charge in [0.1, 0.15) is 0 Å². The summed E-state index contributed by atoms with van der Waals surface area (Å²) in [5.74, 6) is -0.0330. The van der Waals surface area contributed by atoms with E-state index in [1.54, 1.807) is 6.08 Å². The highest BCUT2D eigenvalue weighted by atomic mass is 16.2. The summed E-state index contributed by atoms with van der Waals surface area (Å²) >= 11 is 0. The number of amides is 1. The molecule has 0 saturated carbocycles. The molecule has 0 aliphatic carbocycles. The zero-order chi connectivity index (χ0) is 16.9. The number of fused-ring (bicyclic) bond motifs is 1. The quantitative estimate of drug-likeness (QED) is 0.859. The molecule has 0 fully saturated rings. The van der Waals surface area contributed by atoms with Crippen LogP contribution in [0.3, 0.4) is 0 Å². The Morgan fingerprint density at radius 2 is 2.00 bits per heavy atom. The number of hydrogen-bond acceptors (Lipinski definition) is 3. The lowest BCUT2D eigenvalue weighted by molar-refractivity contribution is -0.122. The lowest BCUT2D eigenvalue weighted by Gasteiger charge is -2.16. The zero-order valence-corrected chi connectivity index (χ0v) is 13.5. The molecular formula is C20H21N3O. The molecule has 4 heteroatoms. The maximum atomic E-state index is 12.2. The van der Waals surface area contributed by atoms with Crippen LogP contribution in [0.5, 0.6) is 0 Å². The van der Waals surface area contributed by atoms with E-state index in [4.69, 9.17) is 5.73 Å². The molecule has 0 radical (unpaired) electrons. The van der Waals surface area contributed by atoms with Gasteiger partial charge < -0.3 is 11.1 Å². The highest BCUT2D eigenvalue weighted by Crippen LogP contribution is 2.33. The van der Waals surface area contributed by atoms with Gasteiger partial charge in [-0.1, -0.05) is 55.1 Å². The van der Waals surface area contributed by atoms with Crippen molar-refractivity contribution < 1.29 is 4.79 Å². The van der Waals surface area contributed by atoms with Crippen molar-refractivity contribution in [3.05, 3.63) is 71.8 Å². The van der Waals surface area contributed by atoms with Crippen molar-refractivity contribution in [3.8, 4) is 0 Å². The van der Waals surface area contributed by atoms with Gasteiger partial charge in [-0.3, -0.25) is 9.79 Å². The van der Waals surface area contributed by atoms with Crippen LogP contribution in [-0.4, -0.2) is 18.2 Å². The van der Waals surface area contributed by atoms with Crippen LogP contribution in [0, 0.1) is 0 Å².